The largest absolute Gasteiger partial charge is 0.353 e. The third-order valence-corrected chi connectivity index (χ3v) is 4.00. The van der Waals surface area contributed by atoms with E-state index in [0.29, 0.717) is 0 Å². The van der Waals surface area contributed by atoms with Gasteiger partial charge in [-0.3, -0.25) is 4.79 Å². The van der Waals surface area contributed by atoms with Crippen molar-refractivity contribution in [3.63, 3.8) is 0 Å². The highest BCUT2D eigenvalue weighted by atomic mass is 16.2. The van der Waals surface area contributed by atoms with Gasteiger partial charge in [0.25, 0.3) is 0 Å². The Labute approximate surface area is 120 Å². The van der Waals surface area contributed by atoms with Crippen LogP contribution in [0.1, 0.15) is 37.6 Å². The summed E-state index contributed by atoms with van der Waals surface area (Å²) in [5.41, 5.74) is 8.21. The minimum absolute atomic E-state index is 0.0612. The van der Waals surface area contributed by atoms with E-state index in [-0.39, 0.29) is 11.9 Å². The third kappa shape index (κ3) is 3.10. The zero-order valence-corrected chi connectivity index (χ0v) is 12.6. The summed E-state index contributed by atoms with van der Waals surface area (Å²) < 4.78 is 0. The van der Waals surface area contributed by atoms with Crippen LogP contribution in [0.4, 0.5) is 5.82 Å². The van der Waals surface area contributed by atoms with Gasteiger partial charge in [-0.15, -0.1) is 0 Å². The molecule has 2 heterocycles. The van der Waals surface area contributed by atoms with E-state index in [4.69, 9.17) is 5.73 Å². The molecule has 1 amide bonds. The Kier molecular flexibility index (Phi) is 4.60. The number of aromatic nitrogens is 1. The second kappa shape index (κ2) is 6.22. The molecule has 1 saturated heterocycles. The lowest BCUT2D eigenvalue weighted by molar-refractivity contribution is -0.129. The van der Waals surface area contributed by atoms with Crippen molar-refractivity contribution in [2.75, 3.05) is 31.1 Å². The molecule has 0 spiro atoms. The second-order valence-electron chi connectivity index (χ2n) is 5.35. The number of hydrogen-bond donors (Lipinski definition) is 1. The molecule has 1 fully saturated rings. The van der Waals surface area contributed by atoms with Crippen molar-refractivity contribution < 1.29 is 4.79 Å². The van der Waals surface area contributed by atoms with Gasteiger partial charge in [-0.25, -0.2) is 4.98 Å². The summed E-state index contributed by atoms with van der Waals surface area (Å²) in [6.07, 6.45) is 0.916. The maximum atomic E-state index is 11.3. The van der Waals surface area contributed by atoms with E-state index in [1.54, 1.807) is 6.92 Å². The molecule has 2 rings (SSSR count). The van der Waals surface area contributed by atoms with Gasteiger partial charge in [-0.2, -0.15) is 0 Å². The smallest absolute Gasteiger partial charge is 0.219 e. The van der Waals surface area contributed by atoms with Crippen LogP contribution in [-0.2, 0) is 4.79 Å². The number of carbonyl (C=O) groups excluding carboxylic acids is 1. The fraction of sp³-hybridized carbons (Fsp3) is 0.600. The van der Waals surface area contributed by atoms with Crippen molar-refractivity contribution in [1.29, 1.82) is 0 Å². The Hall–Kier alpha value is -1.62. The van der Waals surface area contributed by atoms with E-state index in [1.807, 2.05) is 17.9 Å². The van der Waals surface area contributed by atoms with Crippen molar-refractivity contribution in [2.24, 2.45) is 5.73 Å². The molecular formula is C15H24N4O. The lowest BCUT2D eigenvalue weighted by Crippen LogP contribution is -2.48. The molecule has 2 N–H and O–H groups in total. The van der Waals surface area contributed by atoms with Crippen LogP contribution in [0.15, 0.2) is 12.1 Å². The Morgan fingerprint density at radius 1 is 1.35 bits per heavy atom. The van der Waals surface area contributed by atoms with Crippen LogP contribution >= 0.6 is 0 Å². The summed E-state index contributed by atoms with van der Waals surface area (Å²) in [6.45, 7) is 8.94. The summed E-state index contributed by atoms with van der Waals surface area (Å²) >= 11 is 0. The van der Waals surface area contributed by atoms with E-state index < -0.39 is 0 Å². The molecule has 110 valence electrons. The SMILES string of the molecule is CC[C@H](N)c1ccc(N2CCN(C(C)=O)CC2)nc1C. The Morgan fingerprint density at radius 2 is 2.00 bits per heavy atom. The molecule has 0 aliphatic carbocycles. The van der Waals surface area contributed by atoms with Gasteiger partial charge in [0.2, 0.25) is 5.91 Å². The van der Waals surface area contributed by atoms with Crippen molar-refractivity contribution >= 4 is 11.7 Å². The van der Waals surface area contributed by atoms with Gasteiger partial charge in [-0.1, -0.05) is 13.0 Å². The third-order valence-electron chi connectivity index (χ3n) is 4.00. The molecule has 1 aromatic rings. The number of piperazine rings is 1. The maximum absolute atomic E-state index is 11.3. The van der Waals surface area contributed by atoms with Crippen LogP contribution in [0, 0.1) is 6.92 Å². The Balaban J connectivity index is 2.07. The van der Waals surface area contributed by atoms with Gasteiger partial charge in [0, 0.05) is 44.8 Å². The maximum Gasteiger partial charge on any atom is 0.219 e. The molecular weight excluding hydrogens is 252 g/mol. The quantitative estimate of drug-likeness (QED) is 0.908. The van der Waals surface area contributed by atoms with E-state index in [9.17, 15) is 4.79 Å². The number of nitrogens with zero attached hydrogens (tertiary/aromatic N) is 3. The minimum atomic E-state index is 0.0612. The monoisotopic (exact) mass is 276 g/mol. The molecule has 1 aliphatic heterocycles. The molecule has 1 aliphatic rings. The predicted octanol–water partition coefficient (Wildman–Crippen LogP) is 1.47. The molecule has 1 aromatic heterocycles. The first-order valence-electron chi connectivity index (χ1n) is 7.26. The number of rotatable bonds is 3. The number of carbonyl (C=O) groups is 1. The lowest BCUT2D eigenvalue weighted by atomic mass is 10.0. The van der Waals surface area contributed by atoms with Crippen LogP contribution in [-0.4, -0.2) is 42.0 Å². The molecule has 0 saturated carbocycles. The molecule has 20 heavy (non-hydrogen) atoms. The summed E-state index contributed by atoms with van der Waals surface area (Å²) in [5, 5.41) is 0. The molecule has 0 bridgehead atoms. The van der Waals surface area contributed by atoms with Gasteiger partial charge in [0.05, 0.1) is 0 Å². The van der Waals surface area contributed by atoms with Gasteiger partial charge in [-0.05, 0) is 25.0 Å². The van der Waals surface area contributed by atoms with Crippen LogP contribution < -0.4 is 10.6 Å². The van der Waals surface area contributed by atoms with Crippen LogP contribution in [0.5, 0.6) is 0 Å². The average molecular weight is 276 g/mol. The summed E-state index contributed by atoms with van der Waals surface area (Å²) in [5.74, 6) is 1.14. The Bertz CT molecular complexity index is 481. The minimum Gasteiger partial charge on any atom is -0.353 e. The molecule has 5 nitrogen and oxygen atoms in total. The molecule has 0 unspecified atom stereocenters. The van der Waals surface area contributed by atoms with Gasteiger partial charge < -0.3 is 15.5 Å². The van der Waals surface area contributed by atoms with Crippen molar-refractivity contribution in [2.45, 2.75) is 33.2 Å². The van der Waals surface area contributed by atoms with E-state index in [0.717, 1.165) is 49.7 Å². The lowest BCUT2D eigenvalue weighted by Gasteiger charge is -2.35. The molecule has 0 radical (unpaired) electrons. The predicted molar refractivity (Wildman–Crippen MR) is 80.7 cm³/mol. The highest BCUT2D eigenvalue weighted by Gasteiger charge is 2.20. The van der Waals surface area contributed by atoms with Gasteiger partial charge in [0.15, 0.2) is 0 Å². The first kappa shape index (κ1) is 14.8. The fourth-order valence-electron chi connectivity index (χ4n) is 2.60. The standard InChI is InChI=1S/C15H24N4O/c1-4-14(16)13-5-6-15(17-11(13)2)19-9-7-18(8-10-19)12(3)20/h5-6,14H,4,7-10,16H2,1-3H3/t14-/m0/s1. The molecule has 5 heteroatoms. The van der Waals surface area contributed by atoms with E-state index in [1.165, 1.54) is 0 Å². The average Bonchev–Trinajstić information content (AvgIpc) is 2.46. The summed E-state index contributed by atoms with van der Waals surface area (Å²) in [6, 6.07) is 4.19. The first-order chi connectivity index (χ1) is 9.52. The highest BCUT2D eigenvalue weighted by molar-refractivity contribution is 5.73. The van der Waals surface area contributed by atoms with Crippen molar-refractivity contribution in [1.82, 2.24) is 9.88 Å². The molecule has 0 aromatic carbocycles. The second-order valence-corrected chi connectivity index (χ2v) is 5.35. The van der Waals surface area contributed by atoms with Gasteiger partial charge in [0.1, 0.15) is 5.82 Å². The van der Waals surface area contributed by atoms with Crippen molar-refractivity contribution in [3.05, 3.63) is 23.4 Å². The van der Waals surface area contributed by atoms with E-state index in [2.05, 4.69) is 22.9 Å². The zero-order valence-electron chi connectivity index (χ0n) is 12.6. The van der Waals surface area contributed by atoms with Crippen molar-refractivity contribution in [3.8, 4) is 0 Å². The number of pyridine rings is 1. The summed E-state index contributed by atoms with van der Waals surface area (Å²) in [4.78, 5) is 20.1. The number of aryl methyl sites for hydroxylation is 1. The van der Waals surface area contributed by atoms with Crippen LogP contribution in [0.3, 0.4) is 0 Å². The van der Waals surface area contributed by atoms with Crippen LogP contribution in [0.25, 0.3) is 0 Å². The number of amides is 1. The Morgan fingerprint density at radius 3 is 2.50 bits per heavy atom. The highest BCUT2D eigenvalue weighted by Crippen LogP contribution is 2.21. The number of hydrogen-bond acceptors (Lipinski definition) is 4. The molecule has 1 atom stereocenters. The normalized spacial score (nSPS) is 17.2. The fourth-order valence-corrected chi connectivity index (χ4v) is 2.60. The van der Waals surface area contributed by atoms with E-state index >= 15 is 0 Å². The number of anilines is 1. The zero-order chi connectivity index (χ0) is 14.7. The topological polar surface area (TPSA) is 62.5 Å². The first-order valence-corrected chi connectivity index (χ1v) is 7.26. The van der Waals surface area contributed by atoms with Gasteiger partial charge >= 0.3 is 0 Å². The summed E-state index contributed by atoms with van der Waals surface area (Å²) in [7, 11) is 0. The van der Waals surface area contributed by atoms with Crippen LogP contribution in [0.2, 0.25) is 0 Å². The number of nitrogens with two attached hydrogens (primary N) is 1.